The Balaban J connectivity index is 3.12. The van der Waals surface area contributed by atoms with Gasteiger partial charge in [0.25, 0.3) is 0 Å². The predicted molar refractivity (Wildman–Crippen MR) is 80.7 cm³/mol. The van der Waals surface area contributed by atoms with E-state index in [9.17, 15) is 9.32 Å². The predicted octanol–water partition coefficient (Wildman–Crippen LogP) is 3.24. The molecule has 1 unspecified atom stereocenters. The van der Waals surface area contributed by atoms with Crippen LogP contribution < -0.4 is 0 Å². The molecule has 0 aliphatic carbocycles. The molecule has 0 aliphatic rings. The summed E-state index contributed by atoms with van der Waals surface area (Å²) in [5.74, 6) is 0. The Morgan fingerprint density at radius 3 is 2.17 bits per heavy atom. The van der Waals surface area contributed by atoms with Crippen LogP contribution in [-0.2, 0) is 10.8 Å². The van der Waals surface area contributed by atoms with Gasteiger partial charge in [-0.2, -0.15) is 0 Å². The van der Waals surface area contributed by atoms with Gasteiger partial charge in [-0.1, -0.05) is 43.0 Å². The van der Waals surface area contributed by atoms with Gasteiger partial charge in [0, 0.05) is 9.80 Å². The monoisotopic (exact) mass is 282 g/mol. The lowest BCUT2D eigenvalue weighted by Gasteiger charge is -2.16. The number of benzene rings is 1. The summed E-state index contributed by atoms with van der Waals surface area (Å²) in [6.07, 6.45) is -0.668. The summed E-state index contributed by atoms with van der Waals surface area (Å²) in [7, 11) is -2.76. The zero-order valence-corrected chi connectivity index (χ0v) is 13.5. The molecule has 1 aromatic rings. The lowest BCUT2D eigenvalue weighted by molar-refractivity contribution is 0.240. The summed E-state index contributed by atoms with van der Waals surface area (Å²) in [5, 5.41) is 9.82. The number of aliphatic hydroxyl groups excluding tert-OH is 1. The Kier molecular flexibility index (Phi) is 5.07. The van der Waals surface area contributed by atoms with Crippen LogP contribution in [0.4, 0.5) is 0 Å². The van der Waals surface area contributed by atoms with Gasteiger partial charge in [-0.25, -0.2) is 4.21 Å². The highest BCUT2D eigenvalue weighted by molar-refractivity contribution is 7.89. The van der Waals surface area contributed by atoms with Crippen LogP contribution in [0.25, 0.3) is 0 Å². The van der Waals surface area contributed by atoms with Gasteiger partial charge in [-0.15, -0.1) is 0 Å². The summed E-state index contributed by atoms with van der Waals surface area (Å²) in [6, 6.07) is 7.63. The van der Waals surface area contributed by atoms with Gasteiger partial charge >= 0.3 is 0 Å². The molecule has 0 heterocycles. The highest BCUT2D eigenvalue weighted by atomic mass is 32.2. The first-order valence-corrected chi connectivity index (χ1v) is 10.8. The van der Waals surface area contributed by atoms with Gasteiger partial charge in [0.1, 0.15) is 0 Å². The van der Waals surface area contributed by atoms with Crippen molar-refractivity contribution in [2.75, 3.05) is 0 Å². The second-order valence-electron chi connectivity index (χ2n) is 5.67. The molecular formula is C14H22O2SSi. The Morgan fingerprint density at radius 1 is 1.28 bits per heavy atom. The average molecular weight is 282 g/mol. The largest absolute Gasteiger partial charge is 0.388 e. The molecule has 0 spiro atoms. The van der Waals surface area contributed by atoms with Crippen LogP contribution in [0.1, 0.15) is 12.5 Å². The standard InChI is InChI=1S/C14H22O2SSi/c1-11-6-8-13(9-7-11)17(16)14(12(2)15)10-18(3,4)5/h6-10,12,15H,1-5H3/b14-10+/t12-,17?/m0/s1. The molecule has 100 valence electrons. The van der Waals surface area contributed by atoms with Crippen molar-refractivity contribution < 1.29 is 9.32 Å². The van der Waals surface area contributed by atoms with Gasteiger partial charge in [0.2, 0.25) is 0 Å². The fourth-order valence-electron chi connectivity index (χ4n) is 1.55. The molecule has 0 bridgehead atoms. The van der Waals surface area contributed by atoms with Crippen molar-refractivity contribution in [3.05, 3.63) is 40.4 Å². The SMILES string of the molecule is Cc1ccc(S(=O)/C(=C/[Si](C)(C)C)[C@H](C)O)cc1. The number of hydrogen-bond acceptors (Lipinski definition) is 2. The summed E-state index contributed by atoms with van der Waals surface area (Å²) in [4.78, 5) is 1.39. The smallest absolute Gasteiger partial charge is 0.0842 e. The van der Waals surface area contributed by atoms with Crippen LogP contribution in [0.15, 0.2) is 39.8 Å². The molecule has 1 rings (SSSR count). The second kappa shape index (κ2) is 5.95. The number of aliphatic hydroxyl groups is 1. The fraction of sp³-hybridized carbons (Fsp3) is 0.429. The van der Waals surface area contributed by atoms with E-state index in [-0.39, 0.29) is 0 Å². The highest BCUT2D eigenvalue weighted by Gasteiger charge is 2.20. The third-order valence-corrected chi connectivity index (χ3v) is 5.41. The van der Waals surface area contributed by atoms with Crippen molar-refractivity contribution in [2.24, 2.45) is 0 Å². The van der Waals surface area contributed by atoms with Crippen LogP contribution in [0, 0.1) is 6.92 Å². The first kappa shape index (κ1) is 15.3. The van der Waals surface area contributed by atoms with Gasteiger partial charge in [-0.3, -0.25) is 0 Å². The summed E-state index contributed by atoms with van der Waals surface area (Å²) < 4.78 is 12.5. The third-order valence-electron chi connectivity index (χ3n) is 2.44. The lowest BCUT2D eigenvalue weighted by Crippen LogP contribution is -2.21. The zero-order valence-electron chi connectivity index (χ0n) is 11.7. The van der Waals surface area contributed by atoms with Gasteiger partial charge in [0.05, 0.1) is 25.0 Å². The van der Waals surface area contributed by atoms with E-state index in [0.29, 0.717) is 4.91 Å². The number of aryl methyl sites for hydroxylation is 1. The molecular weight excluding hydrogens is 260 g/mol. The van der Waals surface area contributed by atoms with Crippen LogP contribution in [0.3, 0.4) is 0 Å². The Morgan fingerprint density at radius 2 is 1.78 bits per heavy atom. The van der Waals surface area contributed by atoms with Crippen LogP contribution in [0.2, 0.25) is 19.6 Å². The molecule has 0 fully saturated rings. The van der Waals surface area contributed by atoms with E-state index in [1.807, 2.05) is 36.9 Å². The molecule has 1 aromatic carbocycles. The summed E-state index contributed by atoms with van der Waals surface area (Å²) >= 11 is 0. The second-order valence-corrected chi connectivity index (χ2v) is 12.2. The van der Waals surface area contributed by atoms with Gasteiger partial charge in [-0.05, 0) is 26.0 Å². The topological polar surface area (TPSA) is 37.3 Å². The van der Waals surface area contributed by atoms with E-state index in [1.165, 1.54) is 0 Å². The molecule has 0 radical (unpaired) electrons. The van der Waals surface area contributed by atoms with Gasteiger partial charge in [0.15, 0.2) is 0 Å². The molecule has 18 heavy (non-hydrogen) atoms. The Labute approximate surface area is 113 Å². The van der Waals surface area contributed by atoms with Crippen molar-refractivity contribution in [1.29, 1.82) is 0 Å². The molecule has 0 aromatic heterocycles. The molecule has 0 amide bonds. The van der Waals surface area contributed by atoms with E-state index < -0.39 is 25.0 Å². The van der Waals surface area contributed by atoms with Crippen LogP contribution in [-0.4, -0.2) is 23.5 Å². The molecule has 0 saturated heterocycles. The average Bonchev–Trinajstić information content (AvgIpc) is 2.24. The van der Waals surface area contributed by atoms with E-state index >= 15 is 0 Å². The molecule has 1 N–H and O–H groups in total. The summed E-state index contributed by atoms with van der Waals surface area (Å²) in [6.45, 7) is 10.2. The minimum atomic E-state index is -1.50. The lowest BCUT2D eigenvalue weighted by atomic mass is 10.2. The van der Waals surface area contributed by atoms with Crippen molar-refractivity contribution in [1.82, 2.24) is 0 Å². The van der Waals surface area contributed by atoms with Crippen molar-refractivity contribution in [3.8, 4) is 0 Å². The summed E-state index contributed by atoms with van der Waals surface area (Å²) in [5.41, 5.74) is 3.18. The first-order chi connectivity index (χ1) is 8.20. The van der Waals surface area contributed by atoms with E-state index in [0.717, 1.165) is 10.5 Å². The van der Waals surface area contributed by atoms with Crippen molar-refractivity contribution >= 4 is 18.9 Å². The minimum absolute atomic E-state index is 0.637. The van der Waals surface area contributed by atoms with Crippen molar-refractivity contribution in [2.45, 2.75) is 44.5 Å². The quantitative estimate of drug-likeness (QED) is 0.861. The molecule has 2 atom stereocenters. The first-order valence-electron chi connectivity index (χ1n) is 6.10. The number of hydrogen-bond donors (Lipinski definition) is 1. The maximum atomic E-state index is 12.5. The third kappa shape index (κ3) is 4.52. The van der Waals surface area contributed by atoms with E-state index in [2.05, 4.69) is 19.6 Å². The van der Waals surface area contributed by atoms with E-state index in [1.54, 1.807) is 6.92 Å². The minimum Gasteiger partial charge on any atom is -0.388 e. The normalized spacial score (nSPS) is 16.4. The molecule has 2 nitrogen and oxygen atoms in total. The zero-order chi connectivity index (χ0) is 13.9. The van der Waals surface area contributed by atoms with E-state index in [4.69, 9.17) is 0 Å². The molecule has 0 saturated carbocycles. The maximum Gasteiger partial charge on any atom is 0.0842 e. The highest BCUT2D eigenvalue weighted by Crippen LogP contribution is 2.20. The van der Waals surface area contributed by atoms with Crippen molar-refractivity contribution in [3.63, 3.8) is 0 Å². The Hall–Kier alpha value is -0.713. The maximum absolute atomic E-state index is 12.5. The molecule has 4 heteroatoms. The van der Waals surface area contributed by atoms with Crippen LogP contribution >= 0.6 is 0 Å². The molecule has 0 aliphatic heterocycles. The van der Waals surface area contributed by atoms with Gasteiger partial charge < -0.3 is 5.11 Å². The Bertz CT molecular complexity index is 456. The van der Waals surface area contributed by atoms with Crippen LogP contribution in [0.5, 0.6) is 0 Å². The number of rotatable bonds is 4. The fourth-order valence-corrected chi connectivity index (χ4v) is 5.10.